The fraction of sp³-hybridized carbons (Fsp3) is 0.438. The molecule has 2 aromatic rings. The van der Waals surface area contributed by atoms with Gasteiger partial charge in [0.05, 0.1) is 35.6 Å². The average Bonchev–Trinajstić information content (AvgIpc) is 2.85. The lowest BCUT2D eigenvalue weighted by atomic mass is 10.1. The van der Waals surface area contributed by atoms with E-state index in [9.17, 15) is 9.90 Å². The molecule has 0 bridgehead atoms. The molecule has 1 aromatic heterocycles. The van der Waals surface area contributed by atoms with Gasteiger partial charge in [0, 0.05) is 19.0 Å². The molecule has 1 amide bonds. The summed E-state index contributed by atoms with van der Waals surface area (Å²) in [5.74, 6) is -0.203. The number of carbonyl (C=O) groups excluding carboxylic acids is 1. The molecule has 1 heterocycles. The monoisotopic (exact) mass is 336 g/mol. The van der Waals surface area contributed by atoms with Crippen molar-refractivity contribution >= 4 is 29.3 Å². The summed E-state index contributed by atoms with van der Waals surface area (Å²) in [4.78, 5) is 22.9. The smallest absolute Gasteiger partial charge is 0.225 e. The highest BCUT2D eigenvalue weighted by atomic mass is 35.5. The standard InChI is InChI=1S/C16H20N4O2.ClH/c1-20(16(22)10-6-12(17)15(21)7-10)9-11-8-18-13-4-2-3-5-14(13)19-11;/h2-5,8,10,12,15,21H,6-7,9,17H2,1H3;1H/t10-,12+,15+;/m0./s1. The van der Waals surface area contributed by atoms with E-state index in [1.54, 1.807) is 18.1 Å². The van der Waals surface area contributed by atoms with E-state index < -0.39 is 6.10 Å². The molecule has 1 fully saturated rings. The van der Waals surface area contributed by atoms with Crippen molar-refractivity contribution in [3.63, 3.8) is 0 Å². The van der Waals surface area contributed by atoms with Crippen LogP contribution in [0.3, 0.4) is 0 Å². The predicted octanol–water partition coefficient (Wildman–Crippen LogP) is 1.11. The number of hydrogen-bond acceptors (Lipinski definition) is 5. The number of rotatable bonds is 3. The first-order valence-corrected chi connectivity index (χ1v) is 7.44. The van der Waals surface area contributed by atoms with Gasteiger partial charge in [0.1, 0.15) is 0 Å². The Labute approximate surface area is 141 Å². The molecule has 3 atom stereocenters. The number of aromatic nitrogens is 2. The van der Waals surface area contributed by atoms with Crippen LogP contribution in [0.15, 0.2) is 30.5 Å². The quantitative estimate of drug-likeness (QED) is 0.876. The Morgan fingerprint density at radius 3 is 2.70 bits per heavy atom. The van der Waals surface area contributed by atoms with E-state index in [0.29, 0.717) is 19.4 Å². The minimum atomic E-state index is -0.581. The van der Waals surface area contributed by atoms with Gasteiger partial charge in [0.2, 0.25) is 5.91 Å². The van der Waals surface area contributed by atoms with Gasteiger partial charge in [-0.15, -0.1) is 12.4 Å². The third-order valence-electron chi connectivity index (χ3n) is 4.20. The van der Waals surface area contributed by atoms with Crippen LogP contribution in [0.25, 0.3) is 11.0 Å². The van der Waals surface area contributed by atoms with Crippen LogP contribution in [-0.2, 0) is 11.3 Å². The van der Waals surface area contributed by atoms with Gasteiger partial charge in [0.15, 0.2) is 0 Å². The number of aliphatic hydroxyl groups excluding tert-OH is 1. The summed E-state index contributed by atoms with van der Waals surface area (Å²) in [5.41, 5.74) is 8.18. The van der Waals surface area contributed by atoms with Crippen LogP contribution >= 0.6 is 12.4 Å². The molecular formula is C16H21ClN4O2. The average molecular weight is 337 g/mol. The number of amides is 1. The SMILES string of the molecule is CN(Cc1cnc2ccccc2n1)C(=O)[C@H]1C[C@@H](N)[C@H](O)C1.Cl. The molecule has 3 rings (SSSR count). The molecule has 6 nitrogen and oxygen atoms in total. The van der Waals surface area contributed by atoms with Gasteiger partial charge in [0.25, 0.3) is 0 Å². The number of nitrogens with two attached hydrogens (primary N) is 1. The summed E-state index contributed by atoms with van der Waals surface area (Å²) in [7, 11) is 1.75. The molecular weight excluding hydrogens is 316 g/mol. The van der Waals surface area contributed by atoms with E-state index in [1.807, 2.05) is 24.3 Å². The Balaban J connectivity index is 0.00000192. The molecule has 0 aliphatic heterocycles. The van der Waals surface area contributed by atoms with Gasteiger partial charge in [-0.3, -0.25) is 9.78 Å². The van der Waals surface area contributed by atoms with Crippen molar-refractivity contribution in [1.82, 2.24) is 14.9 Å². The van der Waals surface area contributed by atoms with Crippen LogP contribution in [-0.4, -0.2) is 45.1 Å². The van der Waals surface area contributed by atoms with Crippen LogP contribution < -0.4 is 5.73 Å². The maximum absolute atomic E-state index is 12.4. The van der Waals surface area contributed by atoms with E-state index in [-0.39, 0.29) is 30.3 Å². The van der Waals surface area contributed by atoms with E-state index >= 15 is 0 Å². The summed E-state index contributed by atoms with van der Waals surface area (Å²) in [5, 5.41) is 9.69. The molecule has 1 aliphatic rings. The summed E-state index contributed by atoms with van der Waals surface area (Å²) in [6.45, 7) is 0.401. The first-order chi connectivity index (χ1) is 10.5. The lowest BCUT2D eigenvalue weighted by molar-refractivity contribution is -0.134. The number of halogens is 1. The van der Waals surface area contributed by atoms with Crippen LogP contribution in [0.2, 0.25) is 0 Å². The maximum atomic E-state index is 12.4. The molecule has 0 radical (unpaired) electrons. The third-order valence-corrected chi connectivity index (χ3v) is 4.20. The Hall–Kier alpha value is -1.76. The molecule has 1 aromatic carbocycles. The molecule has 7 heteroatoms. The second kappa shape index (κ2) is 7.21. The molecule has 124 valence electrons. The minimum absolute atomic E-state index is 0. The Bertz CT molecular complexity index is 687. The summed E-state index contributed by atoms with van der Waals surface area (Å²) >= 11 is 0. The van der Waals surface area contributed by atoms with Gasteiger partial charge in [-0.25, -0.2) is 4.98 Å². The number of aliphatic hydroxyl groups is 1. The summed E-state index contributed by atoms with van der Waals surface area (Å²) in [6.07, 6.45) is 2.09. The van der Waals surface area contributed by atoms with Crippen molar-refractivity contribution in [2.24, 2.45) is 11.7 Å². The number of hydrogen-bond donors (Lipinski definition) is 2. The second-order valence-electron chi connectivity index (χ2n) is 5.94. The maximum Gasteiger partial charge on any atom is 0.225 e. The number of para-hydroxylation sites is 2. The van der Waals surface area contributed by atoms with Crippen LogP contribution in [0.1, 0.15) is 18.5 Å². The second-order valence-corrected chi connectivity index (χ2v) is 5.94. The zero-order valence-corrected chi connectivity index (χ0v) is 13.7. The number of carbonyl (C=O) groups is 1. The van der Waals surface area contributed by atoms with Gasteiger partial charge < -0.3 is 15.7 Å². The van der Waals surface area contributed by atoms with Crippen molar-refractivity contribution in [3.05, 3.63) is 36.2 Å². The number of fused-ring (bicyclic) bond motifs is 1. The molecule has 23 heavy (non-hydrogen) atoms. The van der Waals surface area contributed by atoms with Crippen LogP contribution in [0.5, 0.6) is 0 Å². The highest BCUT2D eigenvalue weighted by Crippen LogP contribution is 2.26. The molecule has 1 aliphatic carbocycles. The fourth-order valence-corrected chi connectivity index (χ4v) is 2.95. The van der Waals surface area contributed by atoms with Gasteiger partial charge in [-0.2, -0.15) is 0 Å². The fourth-order valence-electron chi connectivity index (χ4n) is 2.95. The largest absolute Gasteiger partial charge is 0.391 e. The molecule has 0 saturated heterocycles. The van der Waals surface area contributed by atoms with E-state index in [4.69, 9.17) is 5.73 Å². The van der Waals surface area contributed by atoms with Crippen molar-refractivity contribution in [2.75, 3.05) is 7.05 Å². The molecule has 0 spiro atoms. The van der Waals surface area contributed by atoms with Gasteiger partial charge >= 0.3 is 0 Å². The Morgan fingerprint density at radius 1 is 1.35 bits per heavy atom. The zero-order chi connectivity index (χ0) is 15.7. The van der Waals surface area contributed by atoms with Gasteiger partial charge in [-0.05, 0) is 25.0 Å². The van der Waals surface area contributed by atoms with Crippen LogP contribution in [0, 0.1) is 5.92 Å². The first-order valence-electron chi connectivity index (χ1n) is 7.44. The van der Waals surface area contributed by atoms with Crippen molar-refractivity contribution in [3.8, 4) is 0 Å². The Kier molecular flexibility index (Phi) is 5.51. The number of nitrogens with zero attached hydrogens (tertiary/aromatic N) is 3. The highest BCUT2D eigenvalue weighted by Gasteiger charge is 2.36. The van der Waals surface area contributed by atoms with Crippen LogP contribution in [0.4, 0.5) is 0 Å². The van der Waals surface area contributed by atoms with E-state index in [0.717, 1.165) is 16.7 Å². The van der Waals surface area contributed by atoms with Crippen molar-refractivity contribution in [1.29, 1.82) is 0 Å². The van der Waals surface area contributed by atoms with E-state index in [2.05, 4.69) is 9.97 Å². The normalized spacial score (nSPS) is 23.5. The lowest BCUT2D eigenvalue weighted by Gasteiger charge is -2.20. The molecule has 1 saturated carbocycles. The topological polar surface area (TPSA) is 92.3 Å². The summed E-state index contributed by atoms with van der Waals surface area (Å²) < 4.78 is 0. The summed E-state index contributed by atoms with van der Waals surface area (Å²) in [6, 6.07) is 7.34. The van der Waals surface area contributed by atoms with Gasteiger partial charge in [-0.1, -0.05) is 12.1 Å². The lowest BCUT2D eigenvalue weighted by Crippen LogP contribution is -2.32. The Morgan fingerprint density at radius 2 is 2.04 bits per heavy atom. The zero-order valence-electron chi connectivity index (χ0n) is 12.9. The molecule has 0 unspecified atom stereocenters. The third kappa shape index (κ3) is 3.77. The minimum Gasteiger partial charge on any atom is -0.391 e. The molecule has 3 N–H and O–H groups in total. The van der Waals surface area contributed by atoms with Crippen molar-refractivity contribution in [2.45, 2.75) is 31.5 Å². The predicted molar refractivity (Wildman–Crippen MR) is 90.0 cm³/mol. The highest BCUT2D eigenvalue weighted by molar-refractivity contribution is 5.85. The van der Waals surface area contributed by atoms with Crippen molar-refractivity contribution < 1.29 is 9.90 Å². The number of benzene rings is 1. The first kappa shape index (κ1) is 17.6. The van der Waals surface area contributed by atoms with E-state index in [1.165, 1.54) is 0 Å².